The van der Waals surface area contributed by atoms with Crippen LogP contribution >= 0.6 is 0 Å². The summed E-state index contributed by atoms with van der Waals surface area (Å²) >= 11 is 0. The molecule has 1 aromatic carbocycles. The van der Waals surface area contributed by atoms with Gasteiger partial charge in [0, 0.05) is 67.1 Å². The number of aromatic nitrogens is 4. The van der Waals surface area contributed by atoms with Crippen molar-refractivity contribution in [1.82, 2.24) is 25.3 Å². The van der Waals surface area contributed by atoms with E-state index in [1.54, 1.807) is 12.4 Å². The Morgan fingerprint density at radius 2 is 1.57 bits per heavy atom. The molecule has 0 bridgehead atoms. The van der Waals surface area contributed by atoms with E-state index in [-0.39, 0.29) is 17.2 Å². The first kappa shape index (κ1) is 27.3. The monoisotopic (exact) mass is 544 g/mol. The van der Waals surface area contributed by atoms with Crippen molar-refractivity contribution in [3.63, 3.8) is 0 Å². The normalized spacial score (nSPS) is 25.1. The van der Waals surface area contributed by atoms with Gasteiger partial charge in [-0.3, -0.25) is 4.98 Å². The van der Waals surface area contributed by atoms with E-state index in [2.05, 4.69) is 72.4 Å². The van der Waals surface area contributed by atoms with Gasteiger partial charge in [0.15, 0.2) is 0 Å². The zero-order valence-corrected chi connectivity index (χ0v) is 24.5. The molecular formula is C32H44N6O2. The van der Waals surface area contributed by atoms with Crippen LogP contribution in [0.25, 0.3) is 11.0 Å². The molecule has 4 heterocycles. The molecule has 8 heteroatoms. The van der Waals surface area contributed by atoms with Gasteiger partial charge in [-0.15, -0.1) is 0 Å². The van der Waals surface area contributed by atoms with Gasteiger partial charge < -0.3 is 19.7 Å². The van der Waals surface area contributed by atoms with Crippen molar-refractivity contribution in [2.24, 2.45) is 5.92 Å². The van der Waals surface area contributed by atoms with Gasteiger partial charge >= 0.3 is 0 Å². The molecule has 2 aromatic heterocycles. The van der Waals surface area contributed by atoms with Crippen LogP contribution in [0.2, 0.25) is 0 Å². The van der Waals surface area contributed by atoms with Crippen molar-refractivity contribution >= 4 is 16.7 Å². The van der Waals surface area contributed by atoms with Gasteiger partial charge in [0.2, 0.25) is 0 Å². The Morgan fingerprint density at radius 3 is 2.27 bits per heavy atom. The zero-order chi connectivity index (χ0) is 27.7. The Bertz CT molecular complexity index is 1280. The van der Waals surface area contributed by atoms with E-state index < -0.39 is 0 Å². The van der Waals surface area contributed by atoms with E-state index in [4.69, 9.17) is 19.4 Å². The Balaban J connectivity index is 1.06. The molecule has 0 radical (unpaired) electrons. The minimum atomic E-state index is 0.120. The Kier molecular flexibility index (Phi) is 7.66. The first-order chi connectivity index (χ1) is 19.2. The number of nitrogens with zero attached hydrogens (tertiary/aromatic N) is 5. The number of hydrogen-bond acceptors (Lipinski definition) is 8. The van der Waals surface area contributed by atoms with Crippen LogP contribution in [-0.2, 0) is 11.2 Å². The van der Waals surface area contributed by atoms with Crippen LogP contribution in [0.15, 0.2) is 36.9 Å². The molecule has 0 unspecified atom stereocenters. The van der Waals surface area contributed by atoms with Crippen molar-refractivity contribution in [3.05, 3.63) is 48.3 Å². The van der Waals surface area contributed by atoms with Gasteiger partial charge in [-0.1, -0.05) is 0 Å². The minimum absolute atomic E-state index is 0.120. The van der Waals surface area contributed by atoms with Gasteiger partial charge in [0.25, 0.3) is 0 Å². The smallest absolute Gasteiger partial charge is 0.149 e. The van der Waals surface area contributed by atoms with E-state index in [0.717, 1.165) is 99.5 Å². The molecule has 6 rings (SSSR count). The summed E-state index contributed by atoms with van der Waals surface area (Å²) in [6.45, 7) is 12.5. The van der Waals surface area contributed by atoms with Crippen LogP contribution in [0, 0.1) is 5.92 Å². The maximum atomic E-state index is 6.62. The molecule has 1 saturated carbocycles. The molecule has 0 spiro atoms. The van der Waals surface area contributed by atoms with Crippen molar-refractivity contribution in [1.29, 1.82) is 0 Å². The third-order valence-corrected chi connectivity index (χ3v) is 8.85. The fourth-order valence-corrected chi connectivity index (χ4v) is 7.25. The summed E-state index contributed by atoms with van der Waals surface area (Å²) in [5, 5.41) is 3.78. The number of ether oxygens (including phenoxy) is 2. The lowest BCUT2D eigenvalue weighted by atomic mass is 9.74. The molecular weight excluding hydrogens is 500 g/mol. The fraction of sp³-hybridized carbons (Fsp3) is 0.625. The van der Waals surface area contributed by atoms with E-state index >= 15 is 0 Å². The van der Waals surface area contributed by atoms with Crippen LogP contribution in [0.1, 0.15) is 83.5 Å². The highest BCUT2D eigenvalue weighted by atomic mass is 16.5. The molecule has 1 N–H and O–H groups in total. The molecule has 8 nitrogen and oxygen atoms in total. The van der Waals surface area contributed by atoms with Gasteiger partial charge in [-0.25, -0.2) is 15.0 Å². The van der Waals surface area contributed by atoms with Gasteiger partial charge in [0.05, 0.1) is 24.8 Å². The molecule has 0 amide bonds. The molecule has 214 valence electrons. The minimum Gasteiger partial charge on any atom is -0.488 e. The first-order valence-electron chi connectivity index (χ1n) is 15.1. The average Bonchev–Trinajstić information content (AvgIpc) is 2.93. The quantitative estimate of drug-likeness (QED) is 0.438. The lowest BCUT2D eigenvalue weighted by Crippen LogP contribution is -2.57. The number of piperidine rings is 1. The summed E-state index contributed by atoms with van der Waals surface area (Å²) in [5.41, 5.74) is 4.38. The summed E-state index contributed by atoms with van der Waals surface area (Å²) in [5.74, 6) is 2.91. The summed E-state index contributed by atoms with van der Waals surface area (Å²) in [4.78, 5) is 21.2. The van der Waals surface area contributed by atoms with Crippen molar-refractivity contribution in [2.75, 3.05) is 31.2 Å². The highest BCUT2D eigenvalue weighted by molar-refractivity contribution is 5.85. The molecule has 2 aliphatic heterocycles. The maximum Gasteiger partial charge on any atom is 0.149 e. The molecule has 3 aliphatic rings. The second-order valence-electron chi connectivity index (χ2n) is 13.4. The standard InChI is InChI=1S/C32H44N6O2/c1-31(2)18-23(19-32(3,4)37-31)24-20-35-29(36-21-24)15-22-5-7-26(8-6-22)40-28-17-25(38-11-13-39-14-12-38)16-27-30(28)34-10-9-33-27/h9-10,16-17,20-23,26,37H,5-8,11-15,18-19H2,1-4H3. The number of hydrogen-bond donors (Lipinski definition) is 1. The van der Waals surface area contributed by atoms with Crippen molar-refractivity contribution in [2.45, 2.75) is 95.7 Å². The Hall–Kier alpha value is -2.84. The highest BCUT2D eigenvalue weighted by Crippen LogP contribution is 2.39. The van der Waals surface area contributed by atoms with Crippen molar-refractivity contribution in [3.8, 4) is 5.75 Å². The molecule has 40 heavy (non-hydrogen) atoms. The van der Waals surface area contributed by atoms with Crippen LogP contribution in [0.4, 0.5) is 5.69 Å². The average molecular weight is 545 g/mol. The van der Waals surface area contributed by atoms with E-state index in [1.165, 1.54) is 5.56 Å². The van der Waals surface area contributed by atoms with Crippen LogP contribution in [0.3, 0.4) is 0 Å². The van der Waals surface area contributed by atoms with E-state index in [0.29, 0.717) is 11.8 Å². The Labute approximate surface area is 238 Å². The van der Waals surface area contributed by atoms with E-state index in [1.807, 2.05) is 0 Å². The molecule has 1 aliphatic carbocycles. The number of anilines is 1. The predicted octanol–water partition coefficient (Wildman–Crippen LogP) is 5.46. The maximum absolute atomic E-state index is 6.62. The SMILES string of the molecule is CC1(C)CC(c2cnc(CC3CCC(Oc4cc(N5CCOCC5)cc5nccnc45)CC3)nc2)CC(C)(C)N1. The number of benzene rings is 1. The molecule has 0 atom stereocenters. The largest absolute Gasteiger partial charge is 0.488 e. The zero-order valence-electron chi connectivity index (χ0n) is 24.5. The molecule has 3 aromatic rings. The molecule has 3 fully saturated rings. The van der Waals surface area contributed by atoms with Gasteiger partial charge in [-0.2, -0.15) is 0 Å². The van der Waals surface area contributed by atoms with E-state index in [9.17, 15) is 0 Å². The summed E-state index contributed by atoms with van der Waals surface area (Å²) in [6, 6.07) is 4.27. The Morgan fingerprint density at radius 1 is 0.900 bits per heavy atom. The fourth-order valence-electron chi connectivity index (χ4n) is 7.25. The van der Waals surface area contributed by atoms with Crippen LogP contribution < -0.4 is 15.0 Å². The summed E-state index contributed by atoms with van der Waals surface area (Å²) in [6.07, 6.45) is 15.4. The molecule has 2 saturated heterocycles. The van der Waals surface area contributed by atoms with Crippen LogP contribution in [-0.4, -0.2) is 63.4 Å². The third kappa shape index (κ3) is 6.39. The number of morpholine rings is 1. The summed E-state index contributed by atoms with van der Waals surface area (Å²) < 4.78 is 12.2. The number of nitrogens with one attached hydrogen (secondary N) is 1. The second kappa shape index (κ2) is 11.2. The van der Waals surface area contributed by atoms with Crippen molar-refractivity contribution < 1.29 is 9.47 Å². The van der Waals surface area contributed by atoms with Crippen LogP contribution in [0.5, 0.6) is 5.75 Å². The highest BCUT2D eigenvalue weighted by Gasteiger charge is 2.38. The second-order valence-corrected chi connectivity index (χ2v) is 13.4. The number of fused-ring (bicyclic) bond motifs is 1. The lowest BCUT2D eigenvalue weighted by Gasteiger charge is -2.46. The van der Waals surface area contributed by atoms with Gasteiger partial charge in [0.1, 0.15) is 17.1 Å². The number of rotatable bonds is 6. The first-order valence-corrected chi connectivity index (χ1v) is 15.1. The topological polar surface area (TPSA) is 85.3 Å². The van der Waals surface area contributed by atoms with Gasteiger partial charge in [-0.05, 0) is 89.7 Å². The predicted molar refractivity (Wildman–Crippen MR) is 158 cm³/mol. The summed E-state index contributed by atoms with van der Waals surface area (Å²) in [7, 11) is 0. The lowest BCUT2D eigenvalue weighted by molar-refractivity contribution is 0.122. The third-order valence-electron chi connectivity index (χ3n) is 8.85.